The quantitative estimate of drug-likeness (QED) is 0.308. The molecule has 1 fully saturated rings. The topological polar surface area (TPSA) is 95.0 Å². The number of oxime groups is 1. The molecule has 0 radical (unpaired) electrons. The first kappa shape index (κ1) is 12.6. The van der Waals surface area contributed by atoms with Gasteiger partial charge in [-0.15, -0.1) is 0 Å². The van der Waals surface area contributed by atoms with Gasteiger partial charge in [-0.1, -0.05) is 5.16 Å². The van der Waals surface area contributed by atoms with Crippen molar-refractivity contribution in [1.82, 2.24) is 4.98 Å². The fourth-order valence-electron chi connectivity index (χ4n) is 2.13. The van der Waals surface area contributed by atoms with Crippen molar-refractivity contribution < 1.29 is 10.3 Å². The van der Waals surface area contributed by atoms with Gasteiger partial charge < -0.3 is 20.9 Å². The highest BCUT2D eigenvalue weighted by molar-refractivity contribution is 6.00. The smallest absolute Gasteiger partial charge is 0.190 e. The molecule has 2 rings (SSSR count). The van der Waals surface area contributed by atoms with Crippen LogP contribution >= 0.6 is 0 Å². The summed E-state index contributed by atoms with van der Waals surface area (Å²) in [6.45, 7) is 3.30. The van der Waals surface area contributed by atoms with Crippen LogP contribution in [0.4, 0.5) is 5.69 Å². The van der Waals surface area contributed by atoms with E-state index in [0.717, 1.165) is 18.8 Å². The second-order valence-electron chi connectivity index (χ2n) is 4.84. The molecule has 0 unspecified atom stereocenters. The maximum absolute atomic E-state index is 9.93. The van der Waals surface area contributed by atoms with Crippen molar-refractivity contribution in [3.05, 3.63) is 24.0 Å². The van der Waals surface area contributed by atoms with Gasteiger partial charge in [-0.05, 0) is 31.9 Å². The second-order valence-corrected chi connectivity index (χ2v) is 4.84. The van der Waals surface area contributed by atoms with E-state index in [1.54, 1.807) is 6.20 Å². The molecule has 6 heteroatoms. The summed E-state index contributed by atoms with van der Waals surface area (Å²) in [5.41, 5.74) is 6.32. The first-order valence-electron chi connectivity index (χ1n) is 5.94. The van der Waals surface area contributed by atoms with Crippen LogP contribution < -0.4 is 10.6 Å². The minimum atomic E-state index is -0.602. The maximum Gasteiger partial charge on any atom is 0.190 e. The molecule has 0 saturated carbocycles. The van der Waals surface area contributed by atoms with Crippen LogP contribution in [0.1, 0.15) is 25.5 Å². The highest BCUT2D eigenvalue weighted by Gasteiger charge is 2.28. The number of pyridine rings is 1. The number of rotatable bonds is 2. The molecule has 0 spiro atoms. The number of hydrogen-bond acceptors (Lipinski definition) is 5. The molecule has 1 aliphatic heterocycles. The van der Waals surface area contributed by atoms with Gasteiger partial charge >= 0.3 is 0 Å². The lowest BCUT2D eigenvalue weighted by atomic mass is 9.93. The van der Waals surface area contributed by atoms with Gasteiger partial charge in [-0.3, -0.25) is 4.98 Å². The molecule has 2 heterocycles. The Hall–Kier alpha value is -1.82. The standard InChI is InChI=1S/C12H18N4O2/c1-12(17)4-7-16(8-5-12)9-3-2-6-14-10(9)11(13)15-18/h2-3,6,17-18H,4-5,7-8H2,1H3,(H2,13,15). The van der Waals surface area contributed by atoms with Crippen LogP contribution in [-0.4, -0.2) is 39.8 Å². The minimum absolute atomic E-state index is 0.00272. The van der Waals surface area contributed by atoms with Crippen molar-refractivity contribution in [2.24, 2.45) is 10.9 Å². The molecular formula is C12H18N4O2. The van der Waals surface area contributed by atoms with Gasteiger partial charge in [0.2, 0.25) is 0 Å². The van der Waals surface area contributed by atoms with Crippen LogP contribution in [-0.2, 0) is 0 Å². The van der Waals surface area contributed by atoms with Gasteiger partial charge in [0, 0.05) is 19.3 Å². The zero-order valence-corrected chi connectivity index (χ0v) is 10.4. The Kier molecular flexibility index (Phi) is 3.38. The fourth-order valence-corrected chi connectivity index (χ4v) is 2.13. The summed E-state index contributed by atoms with van der Waals surface area (Å²) in [7, 11) is 0. The van der Waals surface area contributed by atoms with E-state index in [0.29, 0.717) is 18.5 Å². The summed E-state index contributed by atoms with van der Waals surface area (Å²) < 4.78 is 0. The Bertz CT molecular complexity index is 449. The third-order valence-electron chi connectivity index (χ3n) is 3.32. The number of nitrogens with two attached hydrogens (primary N) is 1. The zero-order chi connectivity index (χ0) is 13.2. The molecule has 0 aliphatic carbocycles. The van der Waals surface area contributed by atoms with E-state index in [2.05, 4.69) is 15.0 Å². The van der Waals surface area contributed by atoms with Crippen LogP contribution in [0.3, 0.4) is 0 Å². The number of amidine groups is 1. The maximum atomic E-state index is 9.93. The van der Waals surface area contributed by atoms with E-state index in [9.17, 15) is 5.11 Å². The van der Waals surface area contributed by atoms with Gasteiger partial charge in [0.15, 0.2) is 5.84 Å². The van der Waals surface area contributed by atoms with Crippen LogP contribution in [0.5, 0.6) is 0 Å². The van der Waals surface area contributed by atoms with Crippen molar-refractivity contribution in [3.8, 4) is 0 Å². The average molecular weight is 250 g/mol. The van der Waals surface area contributed by atoms with Crippen LogP contribution in [0.25, 0.3) is 0 Å². The largest absolute Gasteiger partial charge is 0.409 e. The van der Waals surface area contributed by atoms with Crippen molar-refractivity contribution in [3.63, 3.8) is 0 Å². The van der Waals surface area contributed by atoms with Gasteiger partial charge in [0.1, 0.15) is 5.69 Å². The molecule has 0 aromatic carbocycles. The molecule has 98 valence electrons. The Balaban J connectivity index is 2.24. The van der Waals surface area contributed by atoms with E-state index >= 15 is 0 Å². The van der Waals surface area contributed by atoms with Crippen LogP contribution in [0.15, 0.2) is 23.5 Å². The number of hydrogen-bond donors (Lipinski definition) is 3. The van der Waals surface area contributed by atoms with Crippen molar-refractivity contribution in [2.45, 2.75) is 25.4 Å². The summed E-state index contributed by atoms with van der Waals surface area (Å²) >= 11 is 0. The molecule has 1 saturated heterocycles. The molecule has 1 aromatic rings. The van der Waals surface area contributed by atoms with Crippen LogP contribution in [0.2, 0.25) is 0 Å². The molecule has 0 bridgehead atoms. The number of anilines is 1. The summed E-state index contributed by atoms with van der Waals surface area (Å²) in [6, 6.07) is 3.71. The number of nitrogens with zero attached hydrogens (tertiary/aromatic N) is 3. The Morgan fingerprint density at radius 2 is 2.17 bits per heavy atom. The first-order chi connectivity index (χ1) is 8.53. The number of piperidine rings is 1. The lowest BCUT2D eigenvalue weighted by Crippen LogP contribution is -2.43. The van der Waals surface area contributed by atoms with Crippen molar-refractivity contribution in [2.75, 3.05) is 18.0 Å². The Labute approximate surface area is 106 Å². The Morgan fingerprint density at radius 3 is 2.78 bits per heavy atom. The predicted molar refractivity (Wildman–Crippen MR) is 68.8 cm³/mol. The normalized spacial score (nSPS) is 19.9. The third kappa shape index (κ3) is 2.53. The van der Waals surface area contributed by atoms with Gasteiger partial charge in [-0.2, -0.15) is 0 Å². The molecule has 1 aliphatic rings. The summed E-state index contributed by atoms with van der Waals surface area (Å²) in [5.74, 6) is 0.00272. The van der Waals surface area contributed by atoms with E-state index in [-0.39, 0.29) is 5.84 Å². The highest BCUT2D eigenvalue weighted by Crippen LogP contribution is 2.27. The van der Waals surface area contributed by atoms with E-state index < -0.39 is 5.60 Å². The molecule has 0 amide bonds. The van der Waals surface area contributed by atoms with Crippen LogP contribution in [0, 0.1) is 0 Å². The van der Waals surface area contributed by atoms with Gasteiger partial charge in [0.05, 0.1) is 11.3 Å². The SMILES string of the molecule is CC1(O)CCN(c2cccnc2/C(N)=N/O)CC1. The zero-order valence-electron chi connectivity index (χ0n) is 10.4. The summed E-state index contributed by atoms with van der Waals surface area (Å²) in [5, 5.41) is 21.7. The Morgan fingerprint density at radius 1 is 1.50 bits per heavy atom. The molecular weight excluding hydrogens is 232 g/mol. The molecule has 0 atom stereocenters. The molecule has 4 N–H and O–H groups in total. The van der Waals surface area contributed by atoms with Gasteiger partial charge in [0.25, 0.3) is 0 Å². The van der Waals surface area contributed by atoms with E-state index in [1.807, 2.05) is 19.1 Å². The lowest BCUT2D eigenvalue weighted by Gasteiger charge is -2.37. The number of aliphatic hydroxyl groups is 1. The molecule has 18 heavy (non-hydrogen) atoms. The van der Waals surface area contributed by atoms with Crippen molar-refractivity contribution >= 4 is 11.5 Å². The lowest BCUT2D eigenvalue weighted by molar-refractivity contribution is 0.0351. The van der Waals surface area contributed by atoms with E-state index in [4.69, 9.17) is 10.9 Å². The monoisotopic (exact) mass is 250 g/mol. The summed E-state index contributed by atoms with van der Waals surface area (Å²) in [4.78, 5) is 6.24. The summed E-state index contributed by atoms with van der Waals surface area (Å²) in [6.07, 6.45) is 2.99. The number of aromatic nitrogens is 1. The third-order valence-corrected chi connectivity index (χ3v) is 3.32. The first-order valence-corrected chi connectivity index (χ1v) is 5.94. The minimum Gasteiger partial charge on any atom is -0.409 e. The van der Waals surface area contributed by atoms with Crippen molar-refractivity contribution in [1.29, 1.82) is 0 Å². The highest BCUT2D eigenvalue weighted by atomic mass is 16.4. The molecule has 1 aromatic heterocycles. The van der Waals surface area contributed by atoms with E-state index in [1.165, 1.54) is 0 Å². The second kappa shape index (κ2) is 4.81. The molecule has 6 nitrogen and oxygen atoms in total. The average Bonchev–Trinajstić information content (AvgIpc) is 2.38. The predicted octanol–water partition coefficient (Wildman–Crippen LogP) is 0.527. The fraction of sp³-hybridized carbons (Fsp3) is 0.500. The van der Waals surface area contributed by atoms with Gasteiger partial charge in [-0.25, -0.2) is 0 Å².